The molecule has 0 aliphatic heterocycles. The van der Waals surface area contributed by atoms with Crippen molar-refractivity contribution in [2.45, 2.75) is 12.8 Å². The lowest BCUT2D eigenvalue weighted by Crippen LogP contribution is -2.38. The number of hydrogen-bond donors (Lipinski definition) is 1. The number of esters is 1. The van der Waals surface area contributed by atoms with Crippen LogP contribution in [0, 0.1) is 23.2 Å². The van der Waals surface area contributed by atoms with Crippen molar-refractivity contribution in [1.29, 1.82) is 5.26 Å². The summed E-state index contributed by atoms with van der Waals surface area (Å²) in [5.41, 5.74) is 5.75. The third-order valence-corrected chi connectivity index (χ3v) is 3.24. The fraction of sp³-hybridized carbons (Fsp3) is 0.333. The molecule has 0 saturated carbocycles. The monoisotopic (exact) mass is 288 g/mol. The number of primary amides is 1. The van der Waals surface area contributed by atoms with Gasteiger partial charge >= 0.3 is 5.97 Å². The van der Waals surface area contributed by atoms with Gasteiger partial charge in [0.15, 0.2) is 0 Å². The molecule has 1 aromatic rings. The zero-order chi connectivity index (χ0) is 16.0. The maximum Gasteiger partial charge on any atom is 0.316 e. The predicted octanol–water partition coefficient (Wildman–Crippen LogP) is 0.773. The zero-order valence-electron chi connectivity index (χ0n) is 11.8. The number of amides is 1. The SMILES string of the molecule is COC(=O)C(C(C)=O)C(c1ccccc1)C(C#N)C(N)=O. The highest BCUT2D eigenvalue weighted by Crippen LogP contribution is 2.33. The zero-order valence-corrected chi connectivity index (χ0v) is 11.8. The summed E-state index contributed by atoms with van der Waals surface area (Å²) in [5.74, 6) is -5.70. The molecule has 110 valence electrons. The van der Waals surface area contributed by atoms with Crippen LogP contribution in [-0.4, -0.2) is 24.8 Å². The summed E-state index contributed by atoms with van der Waals surface area (Å²) >= 11 is 0. The van der Waals surface area contributed by atoms with Gasteiger partial charge < -0.3 is 10.5 Å². The van der Waals surface area contributed by atoms with E-state index in [9.17, 15) is 19.6 Å². The van der Waals surface area contributed by atoms with Gasteiger partial charge in [-0.15, -0.1) is 0 Å². The molecular weight excluding hydrogens is 272 g/mol. The van der Waals surface area contributed by atoms with Crippen LogP contribution in [0.25, 0.3) is 0 Å². The molecule has 0 radical (unpaired) electrons. The summed E-state index contributed by atoms with van der Waals surface area (Å²) in [4.78, 5) is 35.3. The lowest BCUT2D eigenvalue weighted by atomic mass is 9.75. The number of ether oxygens (including phenoxy) is 1. The standard InChI is InChI=1S/C15H16N2O4/c1-9(18)12(15(20)21-2)13(11(8-16)14(17)19)10-6-4-3-5-7-10/h3-7,11-13H,1-2H3,(H2,17,19). The largest absolute Gasteiger partial charge is 0.468 e. The number of benzene rings is 1. The van der Waals surface area contributed by atoms with Crippen LogP contribution < -0.4 is 5.73 Å². The van der Waals surface area contributed by atoms with Crippen LogP contribution in [0.1, 0.15) is 18.4 Å². The minimum Gasteiger partial charge on any atom is -0.468 e. The predicted molar refractivity (Wildman–Crippen MR) is 73.7 cm³/mol. The van der Waals surface area contributed by atoms with Crippen molar-refractivity contribution in [2.75, 3.05) is 7.11 Å². The first-order chi connectivity index (χ1) is 9.93. The molecule has 0 spiro atoms. The van der Waals surface area contributed by atoms with E-state index < -0.39 is 35.4 Å². The molecule has 0 aliphatic rings. The van der Waals surface area contributed by atoms with E-state index in [1.165, 1.54) is 6.92 Å². The summed E-state index contributed by atoms with van der Waals surface area (Å²) < 4.78 is 4.63. The molecule has 0 bridgehead atoms. The Balaban J connectivity index is 3.43. The Hall–Kier alpha value is -2.68. The fourth-order valence-electron chi connectivity index (χ4n) is 2.27. The summed E-state index contributed by atoms with van der Waals surface area (Å²) in [6.45, 7) is 1.22. The Kier molecular flexibility index (Phi) is 5.61. The molecule has 1 amide bonds. The van der Waals surface area contributed by atoms with E-state index in [0.29, 0.717) is 5.56 Å². The Labute approximate surface area is 122 Å². The first kappa shape index (κ1) is 16.4. The van der Waals surface area contributed by atoms with E-state index in [2.05, 4.69) is 4.74 Å². The van der Waals surface area contributed by atoms with Crippen LogP contribution in [0.15, 0.2) is 30.3 Å². The number of nitriles is 1. The van der Waals surface area contributed by atoms with Gasteiger partial charge in [-0.2, -0.15) is 5.26 Å². The van der Waals surface area contributed by atoms with Crippen LogP contribution in [0.3, 0.4) is 0 Å². The molecule has 0 heterocycles. The van der Waals surface area contributed by atoms with Crippen LogP contribution in [0.2, 0.25) is 0 Å². The summed E-state index contributed by atoms with van der Waals surface area (Å²) in [6.07, 6.45) is 0. The molecular formula is C15H16N2O4. The Morgan fingerprint density at radius 1 is 1.24 bits per heavy atom. The van der Waals surface area contributed by atoms with E-state index in [1.807, 2.05) is 0 Å². The third-order valence-electron chi connectivity index (χ3n) is 3.24. The number of ketones is 1. The Morgan fingerprint density at radius 3 is 2.19 bits per heavy atom. The van der Waals surface area contributed by atoms with Crippen molar-refractivity contribution in [3.05, 3.63) is 35.9 Å². The van der Waals surface area contributed by atoms with Crippen LogP contribution in [0.5, 0.6) is 0 Å². The van der Waals surface area contributed by atoms with Crippen molar-refractivity contribution in [3.8, 4) is 6.07 Å². The molecule has 2 N–H and O–H groups in total. The molecule has 1 aromatic carbocycles. The second-order valence-electron chi connectivity index (χ2n) is 4.56. The number of rotatable bonds is 6. The summed E-state index contributed by atoms with van der Waals surface area (Å²) in [5, 5.41) is 9.20. The normalized spacial score (nSPS) is 14.3. The van der Waals surface area contributed by atoms with E-state index >= 15 is 0 Å². The molecule has 0 aromatic heterocycles. The van der Waals surface area contributed by atoms with E-state index in [4.69, 9.17) is 5.73 Å². The molecule has 0 fully saturated rings. The molecule has 0 saturated heterocycles. The molecule has 3 atom stereocenters. The Bertz CT molecular complexity index is 577. The Morgan fingerprint density at radius 2 is 1.81 bits per heavy atom. The molecule has 6 heteroatoms. The highest BCUT2D eigenvalue weighted by Gasteiger charge is 2.41. The van der Waals surface area contributed by atoms with Gasteiger partial charge in [-0.05, 0) is 12.5 Å². The first-order valence-corrected chi connectivity index (χ1v) is 6.26. The quantitative estimate of drug-likeness (QED) is 0.614. The topological polar surface area (TPSA) is 110 Å². The van der Waals surface area contributed by atoms with E-state index in [0.717, 1.165) is 7.11 Å². The van der Waals surface area contributed by atoms with Crippen molar-refractivity contribution < 1.29 is 19.1 Å². The highest BCUT2D eigenvalue weighted by molar-refractivity contribution is 5.99. The summed E-state index contributed by atoms with van der Waals surface area (Å²) in [6, 6.07) is 10.2. The van der Waals surface area contributed by atoms with Gasteiger partial charge in [0.25, 0.3) is 0 Å². The number of hydrogen-bond acceptors (Lipinski definition) is 5. The van der Waals surface area contributed by atoms with Crippen molar-refractivity contribution in [3.63, 3.8) is 0 Å². The van der Waals surface area contributed by atoms with Gasteiger partial charge in [-0.3, -0.25) is 14.4 Å². The van der Waals surface area contributed by atoms with Gasteiger partial charge in [0.05, 0.1) is 13.2 Å². The number of carbonyl (C=O) groups excluding carboxylic acids is 3. The maximum atomic E-state index is 11.9. The maximum absolute atomic E-state index is 11.9. The molecule has 21 heavy (non-hydrogen) atoms. The minimum atomic E-state index is -1.31. The average Bonchev–Trinajstić information content (AvgIpc) is 2.46. The lowest BCUT2D eigenvalue weighted by molar-refractivity contribution is -0.150. The van der Waals surface area contributed by atoms with Gasteiger partial charge in [0.2, 0.25) is 5.91 Å². The average molecular weight is 288 g/mol. The first-order valence-electron chi connectivity index (χ1n) is 6.26. The van der Waals surface area contributed by atoms with Crippen LogP contribution >= 0.6 is 0 Å². The van der Waals surface area contributed by atoms with Crippen molar-refractivity contribution >= 4 is 17.7 Å². The van der Waals surface area contributed by atoms with Crippen LogP contribution in [0.4, 0.5) is 0 Å². The second-order valence-corrected chi connectivity index (χ2v) is 4.56. The van der Waals surface area contributed by atoms with Gasteiger partial charge in [-0.25, -0.2) is 0 Å². The fourth-order valence-corrected chi connectivity index (χ4v) is 2.27. The smallest absolute Gasteiger partial charge is 0.316 e. The van der Waals surface area contributed by atoms with E-state index in [1.54, 1.807) is 36.4 Å². The molecule has 6 nitrogen and oxygen atoms in total. The lowest BCUT2D eigenvalue weighted by Gasteiger charge is -2.26. The van der Waals surface area contributed by atoms with Crippen LogP contribution in [-0.2, 0) is 19.1 Å². The van der Waals surface area contributed by atoms with Gasteiger partial charge in [0, 0.05) is 5.92 Å². The third kappa shape index (κ3) is 3.66. The van der Waals surface area contributed by atoms with Gasteiger partial charge in [-0.1, -0.05) is 30.3 Å². The number of methoxy groups -OCH3 is 1. The molecule has 0 aliphatic carbocycles. The minimum absolute atomic E-state index is 0.489. The second kappa shape index (κ2) is 7.20. The van der Waals surface area contributed by atoms with Gasteiger partial charge in [0.1, 0.15) is 17.6 Å². The number of carbonyl (C=O) groups is 3. The number of nitrogens with zero attached hydrogens (tertiary/aromatic N) is 1. The highest BCUT2D eigenvalue weighted by atomic mass is 16.5. The van der Waals surface area contributed by atoms with E-state index in [-0.39, 0.29) is 0 Å². The number of Topliss-reactive ketones (excluding diaryl/α,β-unsaturated/α-hetero) is 1. The number of nitrogens with two attached hydrogens (primary N) is 1. The molecule has 3 unspecified atom stereocenters. The summed E-state index contributed by atoms with van der Waals surface area (Å²) in [7, 11) is 1.14. The van der Waals surface area contributed by atoms with Crippen molar-refractivity contribution in [1.82, 2.24) is 0 Å². The molecule has 1 rings (SSSR count). The van der Waals surface area contributed by atoms with Crippen molar-refractivity contribution in [2.24, 2.45) is 17.6 Å².